The summed E-state index contributed by atoms with van der Waals surface area (Å²) in [5, 5.41) is 14.8. The molecule has 3 N–H and O–H groups in total. The molecule has 0 saturated carbocycles. The number of aliphatic hydroxyl groups is 1. The van der Waals surface area contributed by atoms with Gasteiger partial charge in [0.25, 0.3) is 0 Å². The zero-order valence-corrected chi connectivity index (χ0v) is 19.0. The van der Waals surface area contributed by atoms with Crippen molar-refractivity contribution >= 4 is 33.7 Å². The van der Waals surface area contributed by atoms with Crippen LogP contribution < -0.4 is 10.6 Å². The molecule has 1 spiro atoms. The largest absolute Gasteiger partial charge is 0.396 e. The highest BCUT2D eigenvalue weighted by atomic mass is 79.9. The molecule has 2 bridgehead atoms. The predicted octanol–water partition coefficient (Wildman–Crippen LogP) is 0.569. The van der Waals surface area contributed by atoms with Gasteiger partial charge in [0.1, 0.15) is 11.6 Å². The number of carbonyl (C=O) groups is 3. The number of ether oxygens (including phenoxy) is 1. The Morgan fingerprint density at radius 1 is 1.26 bits per heavy atom. The number of likely N-dealkylation sites (tertiary alicyclic amines) is 1. The average molecular weight is 494 g/mol. The van der Waals surface area contributed by atoms with Gasteiger partial charge in [0, 0.05) is 31.6 Å². The highest BCUT2D eigenvalue weighted by molar-refractivity contribution is 9.09. The number of fused-ring (bicyclic) bond motifs is 1. The van der Waals surface area contributed by atoms with E-state index in [9.17, 15) is 19.5 Å². The van der Waals surface area contributed by atoms with Crippen LogP contribution in [0.5, 0.6) is 0 Å². The van der Waals surface area contributed by atoms with Gasteiger partial charge in [-0.15, -0.1) is 0 Å². The minimum absolute atomic E-state index is 0.0182. The number of benzene rings is 1. The third kappa shape index (κ3) is 3.66. The molecule has 3 aliphatic rings. The Morgan fingerprint density at radius 2 is 2.00 bits per heavy atom. The molecule has 1 aromatic rings. The second kappa shape index (κ2) is 8.88. The summed E-state index contributed by atoms with van der Waals surface area (Å²) >= 11 is 3.62. The third-order valence-corrected chi connectivity index (χ3v) is 7.55. The predicted molar refractivity (Wildman–Crippen MR) is 116 cm³/mol. The smallest absolute Gasteiger partial charge is 0.246 e. The maximum absolute atomic E-state index is 13.5. The number of alkyl halides is 1. The van der Waals surface area contributed by atoms with Crippen molar-refractivity contribution in [2.24, 2.45) is 11.8 Å². The van der Waals surface area contributed by atoms with Crippen LogP contribution in [0.4, 0.5) is 0 Å². The van der Waals surface area contributed by atoms with Crippen molar-refractivity contribution in [2.75, 3.05) is 20.2 Å². The van der Waals surface area contributed by atoms with Gasteiger partial charge in [0.2, 0.25) is 17.7 Å². The van der Waals surface area contributed by atoms with Crippen molar-refractivity contribution in [3.8, 4) is 0 Å². The lowest BCUT2D eigenvalue weighted by molar-refractivity contribution is -0.142. The summed E-state index contributed by atoms with van der Waals surface area (Å²) < 4.78 is 6.34. The first-order chi connectivity index (χ1) is 14.9. The number of aliphatic hydroxyl groups excluding tert-OH is 1. The zero-order chi connectivity index (χ0) is 22.2. The number of hydrogen-bond donors (Lipinski definition) is 3. The molecule has 4 rings (SSSR count). The molecule has 8 nitrogen and oxygen atoms in total. The molecule has 0 radical (unpaired) electrons. The number of amides is 3. The first kappa shape index (κ1) is 22.2. The van der Waals surface area contributed by atoms with Gasteiger partial charge in [-0.1, -0.05) is 46.3 Å². The van der Waals surface area contributed by atoms with Crippen molar-refractivity contribution in [3.63, 3.8) is 0 Å². The van der Waals surface area contributed by atoms with E-state index in [2.05, 4.69) is 26.6 Å². The molecule has 3 saturated heterocycles. The maximum atomic E-state index is 13.5. The van der Waals surface area contributed by atoms with Crippen molar-refractivity contribution < 1.29 is 24.2 Å². The van der Waals surface area contributed by atoms with Gasteiger partial charge in [0.05, 0.1) is 17.9 Å². The van der Waals surface area contributed by atoms with Crippen LogP contribution in [-0.4, -0.2) is 70.5 Å². The number of hydrogen-bond acceptors (Lipinski definition) is 5. The van der Waals surface area contributed by atoms with Crippen LogP contribution in [0, 0.1) is 11.8 Å². The van der Waals surface area contributed by atoms with Crippen molar-refractivity contribution in [1.82, 2.24) is 15.5 Å². The van der Waals surface area contributed by atoms with E-state index in [0.717, 1.165) is 5.56 Å². The Balaban J connectivity index is 1.64. The monoisotopic (exact) mass is 493 g/mol. The lowest BCUT2D eigenvalue weighted by atomic mass is 9.70. The van der Waals surface area contributed by atoms with Crippen molar-refractivity contribution in [2.45, 2.75) is 48.4 Å². The topological polar surface area (TPSA) is 108 Å². The molecule has 0 aromatic heterocycles. The Hall–Kier alpha value is -1.97. The van der Waals surface area contributed by atoms with Gasteiger partial charge in [-0.05, 0) is 24.8 Å². The Labute approximate surface area is 189 Å². The molecule has 1 aromatic carbocycles. The van der Waals surface area contributed by atoms with Crippen LogP contribution >= 0.6 is 15.9 Å². The van der Waals surface area contributed by atoms with E-state index in [1.165, 1.54) is 0 Å². The lowest BCUT2D eigenvalue weighted by Crippen LogP contribution is -2.55. The molecule has 9 heteroatoms. The molecular weight excluding hydrogens is 466 g/mol. The second-order valence-corrected chi connectivity index (χ2v) is 9.62. The van der Waals surface area contributed by atoms with Gasteiger partial charge in [-0.2, -0.15) is 0 Å². The SMILES string of the molecule is CNC(=O)[C@H]1[C@@H]2OC3(CC2Br)C(C(=O)NCc2ccccc2)N(CCCCO)C(=O)[C@H]13. The Bertz CT molecular complexity index is 853. The average Bonchev–Trinajstić information content (AvgIpc) is 3.36. The summed E-state index contributed by atoms with van der Waals surface area (Å²) in [5.41, 5.74) is -0.0770. The number of nitrogens with one attached hydrogen (secondary N) is 2. The molecular formula is C22H28BrN3O5. The summed E-state index contributed by atoms with van der Waals surface area (Å²) in [6.07, 6.45) is 1.14. The fraction of sp³-hybridized carbons (Fsp3) is 0.591. The normalized spacial score (nSPS) is 33.5. The second-order valence-electron chi connectivity index (χ2n) is 8.44. The first-order valence-electron chi connectivity index (χ1n) is 10.7. The third-order valence-electron chi connectivity index (χ3n) is 6.70. The van der Waals surface area contributed by atoms with Crippen LogP contribution in [0.1, 0.15) is 24.8 Å². The number of halogens is 1. The number of rotatable bonds is 8. The molecule has 3 aliphatic heterocycles. The van der Waals surface area contributed by atoms with Crippen molar-refractivity contribution in [3.05, 3.63) is 35.9 Å². The van der Waals surface area contributed by atoms with Crippen LogP contribution in [0.3, 0.4) is 0 Å². The quantitative estimate of drug-likeness (QED) is 0.362. The van der Waals surface area contributed by atoms with Gasteiger partial charge < -0.3 is 25.4 Å². The number of carbonyl (C=O) groups excluding carboxylic acids is 3. The number of unbranched alkanes of at least 4 members (excludes halogenated alkanes) is 1. The van der Waals surface area contributed by atoms with Crippen molar-refractivity contribution in [1.29, 1.82) is 0 Å². The minimum Gasteiger partial charge on any atom is -0.396 e. The van der Waals surface area contributed by atoms with E-state index in [0.29, 0.717) is 32.4 Å². The van der Waals surface area contributed by atoms with Crippen LogP contribution in [0.15, 0.2) is 30.3 Å². The number of nitrogens with zero attached hydrogens (tertiary/aromatic N) is 1. The maximum Gasteiger partial charge on any atom is 0.246 e. The van der Waals surface area contributed by atoms with E-state index in [4.69, 9.17) is 4.74 Å². The fourth-order valence-corrected chi connectivity index (χ4v) is 6.36. The summed E-state index contributed by atoms with van der Waals surface area (Å²) in [5.74, 6) is -2.05. The van der Waals surface area contributed by atoms with Crippen LogP contribution in [-0.2, 0) is 25.7 Å². The van der Waals surface area contributed by atoms with E-state index in [1.54, 1.807) is 11.9 Å². The van der Waals surface area contributed by atoms with E-state index in [-0.39, 0.29) is 29.2 Å². The molecule has 6 atom stereocenters. The standard InChI is InChI=1S/C22H28BrN3O5/c1-24-19(28)15-16-21(30)26(9-5-6-10-27)18(22(16)11-14(23)17(15)31-22)20(29)25-12-13-7-3-2-4-8-13/h2-4,7-8,14-18,27H,5-6,9-12H2,1H3,(H,24,28)(H,25,29)/t14?,15-,16+,17-,18?,22?/m1/s1. The molecule has 0 aliphatic carbocycles. The van der Waals surface area contributed by atoms with E-state index >= 15 is 0 Å². The molecule has 3 amide bonds. The van der Waals surface area contributed by atoms with Crippen LogP contribution in [0.2, 0.25) is 0 Å². The lowest BCUT2D eigenvalue weighted by Gasteiger charge is -2.34. The Kier molecular flexibility index (Phi) is 6.37. The molecule has 3 heterocycles. The molecule has 3 fully saturated rings. The molecule has 31 heavy (non-hydrogen) atoms. The summed E-state index contributed by atoms with van der Waals surface area (Å²) in [4.78, 5) is 41.1. The van der Waals surface area contributed by atoms with Gasteiger partial charge in [0.15, 0.2) is 0 Å². The summed E-state index contributed by atoms with van der Waals surface area (Å²) in [7, 11) is 1.55. The molecule has 3 unspecified atom stereocenters. The minimum atomic E-state index is -1.03. The van der Waals surface area contributed by atoms with E-state index < -0.39 is 29.6 Å². The summed E-state index contributed by atoms with van der Waals surface area (Å²) in [6, 6.07) is 8.76. The van der Waals surface area contributed by atoms with E-state index in [1.807, 2.05) is 30.3 Å². The highest BCUT2D eigenvalue weighted by Crippen LogP contribution is 2.59. The summed E-state index contributed by atoms with van der Waals surface area (Å²) in [6.45, 7) is 0.697. The van der Waals surface area contributed by atoms with Gasteiger partial charge in [-0.25, -0.2) is 0 Å². The van der Waals surface area contributed by atoms with Gasteiger partial charge >= 0.3 is 0 Å². The highest BCUT2D eigenvalue weighted by Gasteiger charge is 2.76. The fourth-order valence-electron chi connectivity index (χ4n) is 5.41. The first-order valence-corrected chi connectivity index (χ1v) is 11.6. The zero-order valence-electron chi connectivity index (χ0n) is 17.4. The Morgan fingerprint density at radius 3 is 2.68 bits per heavy atom. The molecule has 168 valence electrons. The van der Waals surface area contributed by atoms with Crippen LogP contribution in [0.25, 0.3) is 0 Å². The van der Waals surface area contributed by atoms with Gasteiger partial charge in [-0.3, -0.25) is 14.4 Å².